The van der Waals surface area contributed by atoms with Crippen LogP contribution in [-0.2, 0) is 11.3 Å². The fraction of sp³-hybridized carbons (Fsp3) is 0.0588. The highest BCUT2D eigenvalue weighted by molar-refractivity contribution is 5.99. The fourth-order valence-electron chi connectivity index (χ4n) is 2.60. The van der Waals surface area contributed by atoms with Crippen LogP contribution in [0.1, 0.15) is 0 Å². The van der Waals surface area contributed by atoms with Gasteiger partial charge >= 0.3 is 0 Å². The van der Waals surface area contributed by atoms with Crippen molar-refractivity contribution < 1.29 is 4.79 Å². The van der Waals surface area contributed by atoms with Crippen molar-refractivity contribution in [2.45, 2.75) is 6.54 Å². The minimum atomic E-state index is -0.341. The summed E-state index contributed by atoms with van der Waals surface area (Å²) in [6, 6.07) is 14.5. The molecule has 118 valence electrons. The van der Waals surface area contributed by atoms with Crippen LogP contribution in [0.2, 0.25) is 0 Å². The lowest BCUT2D eigenvalue weighted by Crippen LogP contribution is -2.28. The van der Waals surface area contributed by atoms with Gasteiger partial charge in [0.25, 0.3) is 5.56 Å². The van der Waals surface area contributed by atoms with E-state index < -0.39 is 0 Å². The normalized spacial score (nSPS) is 11.0. The first-order valence-electron chi connectivity index (χ1n) is 7.39. The number of rotatable bonds is 3. The Morgan fingerprint density at radius 3 is 2.71 bits per heavy atom. The summed E-state index contributed by atoms with van der Waals surface area (Å²) in [5.74, 6) is 0.101. The van der Waals surface area contributed by atoms with Crippen LogP contribution in [0.5, 0.6) is 0 Å². The van der Waals surface area contributed by atoms with Crippen LogP contribution >= 0.6 is 0 Å². The summed E-state index contributed by atoms with van der Waals surface area (Å²) >= 11 is 0. The lowest BCUT2D eigenvalue weighted by atomic mass is 10.2. The Morgan fingerprint density at radius 1 is 1.08 bits per heavy atom. The molecule has 0 spiro atoms. The molecule has 2 aromatic heterocycles. The first-order chi connectivity index (χ1) is 11.7. The van der Waals surface area contributed by atoms with E-state index in [0.29, 0.717) is 16.7 Å². The molecule has 4 rings (SSSR count). The van der Waals surface area contributed by atoms with Crippen molar-refractivity contribution in [1.82, 2.24) is 19.7 Å². The second kappa shape index (κ2) is 5.62. The van der Waals surface area contributed by atoms with Crippen LogP contribution in [0.25, 0.3) is 21.8 Å². The van der Waals surface area contributed by atoms with E-state index in [1.54, 1.807) is 18.2 Å². The molecule has 2 heterocycles. The van der Waals surface area contributed by atoms with Gasteiger partial charge in [-0.15, -0.1) is 0 Å². The Kier molecular flexibility index (Phi) is 3.31. The first-order valence-corrected chi connectivity index (χ1v) is 7.39. The Labute approximate surface area is 136 Å². The summed E-state index contributed by atoms with van der Waals surface area (Å²) in [6.07, 6.45) is 1.38. The molecule has 7 nitrogen and oxygen atoms in total. The van der Waals surface area contributed by atoms with Crippen LogP contribution in [-0.4, -0.2) is 25.7 Å². The van der Waals surface area contributed by atoms with Crippen molar-refractivity contribution in [2.24, 2.45) is 0 Å². The molecular formula is C17H13N5O2. The van der Waals surface area contributed by atoms with Gasteiger partial charge in [-0.2, -0.15) is 5.10 Å². The second-order valence-corrected chi connectivity index (χ2v) is 5.36. The maximum atomic E-state index is 12.4. The van der Waals surface area contributed by atoms with Crippen molar-refractivity contribution >= 4 is 33.5 Å². The fourth-order valence-corrected chi connectivity index (χ4v) is 2.60. The summed E-state index contributed by atoms with van der Waals surface area (Å²) < 4.78 is 1.28. The molecule has 1 amide bonds. The second-order valence-electron chi connectivity index (χ2n) is 5.36. The van der Waals surface area contributed by atoms with E-state index in [4.69, 9.17) is 0 Å². The molecular weight excluding hydrogens is 306 g/mol. The van der Waals surface area contributed by atoms with Crippen LogP contribution in [0, 0.1) is 0 Å². The number of carbonyl (C=O) groups excluding carboxylic acids is 1. The molecule has 7 heteroatoms. The van der Waals surface area contributed by atoms with Gasteiger partial charge in [0.15, 0.2) is 5.82 Å². The van der Waals surface area contributed by atoms with E-state index in [2.05, 4.69) is 20.5 Å². The zero-order valence-corrected chi connectivity index (χ0v) is 12.6. The standard InChI is InChI=1S/C17H13N5O2/c23-15(19-16-11-5-1-4-8-14(11)20-21-16)9-22-10-18-13-7-3-2-6-12(13)17(22)24/h1-8,10H,9H2,(H2,19,20,21,23). The Hall–Kier alpha value is -3.48. The molecule has 0 aliphatic heterocycles. The predicted octanol–water partition coefficient (Wildman–Crippen LogP) is 1.91. The number of aromatic amines is 1. The molecule has 0 atom stereocenters. The predicted molar refractivity (Wildman–Crippen MR) is 90.7 cm³/mol. The highest BCUT2D eigenvalue weighted by Gasteiger charge is 2.11. The third-order valence-corrected chi connectivity index (χ3v) is 3.77. The van der Waals surface area contributed by atoms with Crippen LogP contribution < -0.4 is 10.9 Å². The molecule has 0 radical (unpaired) electrons. The van der Waals surface area contributed by atoms with Gasteiger partial charge < -0.3 is 5.32 Å². The number of nitrogens with one attached hydrogen (secondary N) is 2. The number of carbonyl (C=O) groups is 1. The zero-order chi connectivity index (χ0) is 16.5. The van der Waals surface area contributed by atoms with E-state index in [1.165, 1.54) is 10.9 Å². The van der Waals surface area contributed by atoms with Crippen molar-refractivity contribution in [1.29, 1.82) is 0 Å². The van der Waals surface area contributed by atoms with E-state index in [-0.39, 0.29) is 18.0 Å². The Bertz CT molecular complexity index is 1110. The molecule has 0 fully saturated rings. The van der Waals surface area contributed by atoms with Gasteiger partial charge in [-0.05, 0) is 24.3 Å². The third kappa shape index (κ3) is 2.41. The maximum absolute atomic E-state index is 12.4. The number of anilines is 1. The van der Waals surface area contributed by atoms with Gasteiger partial charge in [0.05, 0.1) is 22.7 Å². The number of H-pyrrole nitrogens is 1. The molecule has 24 heavy (non-hydrogen) atoms. The number of nitrogens with zero attached hydrogens (tertiary/aromatic N) is 3. The summed E-state index contributed by atoms with van der Waals surface area (Å²) in [6.45, 7) is -0.127. The van der Waals surface area contributed by atoms with Gasteiger partial charge in [-0.1, -0.05) is 24.3 Å². The minimum absolute atomic E-state index is 0.127. The van der Waals surface area contributed by atoms with Crippen LogP contribution in [0.4, 0.5) is 5.82 Å². The first kappa shape index (κ1) is 14.1. The number of benzene rings is 2. The largest absolute Gasteiger partial charge is 0.307 e. The van der Waals surface area contributed by atoms with Gasteiger partial charge in [0.1, 0.15) is 6.54 Å². The number of fused-ring (bicyclic) bond motifs is 2. The van der Waals surface area contributed by atoms with Crippen molar-refractivity contribution in [3.05, 3.63) is 65.2 Å². The minimum Gasteiger partial charge on any atom is -0.307 e. The quantitative estimate of drug-likeness (QED) is 0.603. The lowest BCUT2D eigenvalue weighted by Gasteiger charge is -2.06. The van der Waals surface area contributed by atoms with Crippen molar-refractivity contribution in [3.8, 4) is 0 Å². The SMILES string of the molecule is O=C(Cn1cnc2ccccc2c1=O)Nc1n[nH]c2ccccc12. The van der Waals surface area contributed by atoms with Gasteiger partial charge in [-0.25, -0.2) is 4.98 Å². The molecule has 0 aliphatic carbocycles. The summed E-state index contributed by atoms with van der Waals surface area (Å²) in [5, 5.41) is 11.0. The van der Waals surface area contributed by atoms with E-state index in [0.717, 1.165) is 10.9 Å². The maximum Gasteiger partial charge on any atom is 0.261 e. The van der Waals surface area contributed by atoms with E-state index in [9.17, 15) is 9.59 Å². The number of para-hydroxylation sites is 2. The third-order valence-electron chi connectivity index (χ3n) is 3.77. The Morgan fingerprint density at radius 2 is 1.83 bits per heavy atom. The van der Waals surface area contributed by atoms with Gasteiger partial charge in [0, 0.05) is 5.39 Å². The average Bonchev–Trinajstić information content (AvgIpc) is 3.01. The highest BCUT2D eigenvalue weighted by atomic mass is 16.2. The average molecular weight is 319 g/mol. The molecule has 2 N–H and O–H groups in total. The smallest absolute Gasteiger partial charge is 0.261 e. The summed E-state index contributed by atoms with van der Waals surface area (Å²) in [5.41, 5.74) is 1.19. The number of amides is 1. The molecule has 0 bridgehead atoms. The molecule has 0 aliphatic rings. The van der Waals surface area contributed by atoms with E-state index in [1.807, 2.05) is 30.3 Å². The van der Waals surface area contributed by atoms with Crippen molar-refractivity contribution in [2.75, 3.05) is 5.32 Å². The lowest BCUT2D eigenvalue weighted by molar-refractivity contribution is -0.116. The summed E-state index contributed by atoms with van der Waals surface area (Å²) in [4.78, 5) is 28.9. The molecule has 0 saturated heterocycles. The highest BCUT2D eigenvalue weighted by Crippen LogP contribution is 2.19. The number of hydrogen-bond acceptors (Lipinski definition) is 4. The molecule has 0 saturated carbocycles. The number of hydrogen-bond donors (Lipinski definition) is 2. The molecule has 4 aromatic rings. The zero-order valence-electron chi connectivity index (χ0n) is 12.6. The van der Waals surface area contributed by atoms with Crippen molar-refractivity contribution in [3.63, 3.8) is 0 Å². The summed E-state index contributed by atoms with van der Waals surface area (Å²) in [7, 11) is 0. The molecule has 2 aromatic carbocycles. The topological polar surface area (TPSA) is 92.7 Å². The van der Waals surface area contributed by atoms with Gasteiger partial charge in [-0.3, -0.25) is 19.3 Å². The van der Waals surface area contributed by atoms with E-state index >= 15 is 0 Å². The van der Waals surface area contributed by atoms with Crippen LogP contribution in [0.3, 0.4) is 0 Å². The van der Waals surface area contributed by atoms with Crippen LogP contribution in [0.15, 0.2) is 59.7 Å². The monoisotopic (exact) mass is 319 g/mol. The Balaban J connectivity index is 1.60. The number of aromatic nitrogens is 4. The van der Waals surface area contributed by atoms with Gasteiger partial charge in [0.2, 0.25) is 5.91 Å². The molecule has 0 unspecified atom stereocenters.